The van der Waals surface area contributed by atoms with E-state index in [9.17, 15) is 0 Å². The Morgan fingerprint density at radius 3 is 1.82 bits per heavy atom. The number of rotatable bonds is 4. The summed E-state index contributed by atoms with van der Waals surface area (Å²) in [5.74, 6) is 0. The molecule has 4 nitrogen and oxygen atoms in total. The predicted molar refractivity (Wildman–Crippen MR) is 207 cm³/mol. The van der Waals surface area contributed by atoms with Gasteiger partial charge in [0.15, 0.2) is 0 Å². The normalized spacial score (nSPS) is 13.5. The van der Waals surface area contributed by atoms with Crippen molar-refractivity contribution in [3.8, 4) is 22.6 Å². The summed E-state index contributed by atoms with van der Waals surface area (Å²) in [6.45, 7) is 0. The molecule has 0 fully saturated rings. The first-order valence-corrected chi connectivity index (χ1v) is 16.8. The second-order valence-corrected chi connectivity index (χ2v) is 12.2. The molecule has 10 rings (SSSR count). The molecule has 1 aliphatic heterocycles. The molecule has 6 aromatic carbocycles. The fraction of sp³-hybridized carbons (Fsp3) is 0.0217. The van der Waals surface area contributed by atoms with Gasteiger partial charge in [0.1, 0.15) is 0 Å². The third-order valence-corrected chi connectivity index (χ3v) is 9.25. The van der Waals surface area contributed by atoms with Crippen LogP contribution in [0.15, 0.2) is 182 Å². The van der Waals surface area contributed by atoms with Crippen LogP contribution in [0.4, 0.5) is 0 Å². The second-order valence-electron chi connectivity index (χ2n) is 12.2. The largest absolute Gasteiger partial charge is 3.00 e. The number of pyridine rings is 1. The van der Waals surface area contributed by atoms with Crippen LogP contribution in [0.5, 0.6) is 0 Å². The average Bonchev–Trinajstić information content (AvgIpc) is 3.70. The van der Waals surface area contributed by atoms with Crippen LogP contribution < -0.4 is 0 Å². The van der Waals surface area contributed by atoms with Crippen molar-refractivity contribution in [3.63, 3.8) is 0 Å². The Morgan fingerprint density at radius 1 is 0.529 bits per heavy atom. The van der Waals surface area contributed by atoms with Crippen molar-refractivity contribution in [1.29, 1.82) is 0 Å². The van der Waals surface area contributed by atoms with Crippen LogP contribution in [0, 0.1) is 12.1 Å². The van der Waals surface area contributed by atoms with Gasteiger partial charge in [-0.25, -0.2) is 0 Å². The maximum atomic E-state index is 4.87. The Balaban J connectivity index is 0.000000245. The third-order valence-electron chi connectivity index (χ3n) is 9.25. The van der Waals surface area contributed by atoms with Gasteiger partial charge in [-0.15, -0.1) is 35.9 Å². The fourth-order valence-electron chi connectivity index (χ4n) is 6.97. The Kier molecular flexibility index (Phi) is 8.90. The van der Waals surface area contributed by atoms with Crippen molar-refractivity contribution in [3.05, 3.63) is 205 Å². The number of nitrogens with zero attached hydrogens (tertiary/aromatic N) is 4. The summed E-state index contributed by atoms with van der Waals surface area (Å²) in [5.41, 5.74) is 9.97. The van der Waals surface area contributed by atoms with Crippen LogP contribution in [-0.2, 0) is 20.1 Å². The van der Waals surface area contributed by atoms with E-state index < -0.39 is 0 Å². The Morgan fingerprint density at radius 2 is 1.16 bits per heavy atom. The van der Waals surface area contributed by atoms with Crippen LogP contribution >= 0.6 is 0 Å². The van der Waals surface area contributed by atoms with E-state index in [0.717, 1.165) is 39.2 Å². The first-order valence-electron chi connectivity index (χ1n) is 16.8. The van der Waals surface area contributed by atoms with Crippen LogP contribution in [0.2, 0.25) is 0 Å². The van der Waals surface area contributed by atoms with Gasteiger partial charge in [-0.3, -0.25) is 0 Å². The number of benzene rings is 6. The molecule has 0 saturated carbocycles. The van der Waals surface area contributed by atoms with Gasteiger partial charge in [-0.05, 0) is 48.2 Å². The molecular formula is C46H31IrN4. The molecule has 1 aliphatic rings. The monoisotopic (exact) mass is 832 g/mol. The number of para-hydroxylation sites is 3. The summed E-state index contributed by atoms with van der Waals surface area (Å²) in [6.07, 6.45) is 9.84. The maximum Gasteiger partial charge on any atom is 3.00 e. The fourth-order valence-corrected chi connectivity index (χ4v) is 6.97. The number of allylic oxidation sites excluding steroid dienone is 2. The smallest absolute Gasteiger partial charge is 0.683 e. The summed E-state index contributed by atoms with van der Waals surface area (Å²) in [5, 5.41) is 9.19. The van der Waals surface area contributed by atoms with Gasteiger partial charge in [-0.1, -0.05) is 84.9 Å². The van der Waals surface area contributed by atoms with Gasteiger partial charge >= 0.3 is 20.1 Å². The van der Waals surface area contributed by atoms with Crippen LogP contribution in [0.1, 0.15) is 11.6 Å². The minimum absolute atomic E-state index is 0. The van der Waals surface area contributed by atoms with E-state index in [4.69, 9.17) is 4.98 Å². The number of fused-ring (bicyclic) bond motifs is 6. The Bertz CT molecular complexity index is 2660. The SMILES string of the molecule is [Ir+3].[c-]1ccccc1-c1cc2c3cc4c5ccccc5n(-c5ccccc5)c4cc3n(-c3ccccc3)c2cn1.[c-]1ccccc1C1C=CC=C[N-]1. The number of hydrogen-bond acceptors (Lipinski definition) is 1. The molecule has 5 heteroatoms. The predicted octanol–water partition coefficient (Wildman–Crippen LogP) is 11.7. The standard InChI is InChI=1S/C35H22N3.C11H9N.Ir/c1-4-12-24(13-5-1)31-21-30-29-20-28-27-18-10-11-19-32(27)37(25-14-6-2-7-15-25)33(28)22-34(29)38(35(30)23-36-31)26-16-8-3-9-17-26;1-2-6-10(7-3-1)11-8-4-5-9-12-11;/h1-12,14-23H;1-6,8-9,11H;/q-1;-2;+3. The van der Waals surface area contributed by atoms with Crippen LogP contribution in [-0.4, -0.2) is 14.1 Å². The molecule has 0 saturated heterocycles. The molecular weight excluding hydrogens is 801 g/mol. The van der Waals surface area contributed by atoms with Crippen molar-refractivity contribution in [2.45, 2.75) is 6.04 Å². The third kappa shape index (κ3) is 5.97. The summed E-state index contributed by atoms with van der Waals surface area (Å²) >= 11 is 0. The van der Waals surface area contributed by atoms with E-state index in [1.54, 1.807) is 0 Å². The molecule has 9 aromatic rings. The molecule has 244 valence electrons. The van der Waals surface area contributed by atoms with Gasteiger partial charge < -0.3 is 19.4 Å². The van der Waals surface area contributed by atoms with E-state index in [1.807, 2.05) is 67.0 Å². The number of hydrogen-bond donors (Lipinski definition) is 0. The van der Waals surface area contributed by atoms with Gasteiger partial charge in [0.25, 0.3) is 0 Å². The zero-order valence-electron chi connectivity index (χ0n) is 27.5. The van der Waals surface area contributed by atoms with Crippen LogP contribution in [0.25, 0.3) is 71.6 Å². The Hall–Kier alpha value is -6.00. The first-order chi connectivity index (χ1) is 24.8. The second kappa shape index (κ2) is 14.1. The minimum atomic E-state index is 0. The molecule has 51 heavy (non-hydrogen) atoms. The van der Waals surface area contributed by atoms with Crippen LogP contribution in [0.3, 0.4) is 0 Å². The van der Waals surface area contributed by atoms with E-state index in [2.05, 4.69) is 142 Å². The quantitative estimate of drug-likeness (QED) is 0.163. The van der Waals surface area contributed by atoms with E-state index >= 15 is 0 Å². The molecule has 0 amide bonds. The molecule has 3 aromatic heterocycles. The van der Waals surface area contributed by atoms with Gasteiger partial charge in [0, 0.05) is 39.1 Å². The van der Waals surface area contributed by atoms with Gasteiger partial charge in [0.2, 0.25) is 0 Å². The molecule has 0 spiro atoms. The van der Waals surface area contributed by atoms with E-state index in [-0.39, 0.29) is 26.1 Å². The molecule has 0 N–H and O–H groups in total. The van der Waals surface area contributed by atoms with Crippen molar-refractivity contribution in [1.82, 2.24) is 14.1 Å². The molecule has 1 atom stereocenters. The van der Waals surface area contributed by atoms with E-state index in [1.165, 1.54) is 32.6 Å². The molecule has 4 heterocycles. The molecule has 0 bridgehead atoms. The van der Waals surface area contributed by atoms with Crippen molar-refractivity contribution >= 4 is 43.6 Å². The van der Waals surface area contributed by atoms with Crippen molar-refractivity contribution in [2.75, 3.05) is 0 Å². The summed E-state index contributed by atoms with van der Waals surface area (Å²) in [4.78, 5) is 4.87. The first kappa shape index (κ1) is 32.2. The zero-order chi connectivity index (χ0) is 33.3. The average molecular weight is 832 g/mol. The summed E-state index contributed by atoms with van der Waals surface area (Å²) < 4.78 is 4.71. The van der Waals surface area contributed by atoms with Crippen molar-refractivity contribution in [2.24, 2.45) is 0 Å². The van der Waals surface area contributed by atoms with E-state index in [0.29, 0.717) is 0 Å². The van der Waals surface area contributed by atoms with Gasteiger partial charge in [0.05, 0.1) is 22.1 Å². The van der Waals surface area contributed by atoms with Gasteiger partial charge in [-0.2, -0.15) is 42.1 Å². The Labute approximate surface area is 310 Å². The molecule has 0 radical (unpaired) electrons. The zero-order valence-corrected chi connectivity index (χ0v) is 29.9. The maximum absolute atomic E-state index is 4.87. The summed E-state index contributed by atoms with van der Waals surface area (Å²) in [6, 6.07) is 59.4. The molecule has 1 unspecified atom stereocenters. The number of aromatic nitrogens is 3. The summed E-state index contributed by atoms with van der Waals surface area (Å²) in [7, 11) is 0. The minimum Gasteiger partial charge on any atom is -0.683 e. The molecule has 0 aliphatic carbocycles. The topological polar surface area (TPSA) is 36.9 Å². The van der Waals surface area contributed by atoms with Crippen molar-refractivity contribution < 1.29 is 20.1 Å².